The Morgan fingerprint density at radius 3 is 2.39 bits per heavy atom. The van der Waals surface area contributed by atoms with Gasteiger partial charge in [-0.3, -0.25) is 9.10 Å². The normalized spacial score (nSPS) is 17.5. The maximum Gasteiger partial charge on any atom is 0.263 e. The first kappa shape index (κ1) is 23.1. The SMILES string of the molecule is Cc1ccc([C@@H](C)NC(=O)[C@H]2CN(S(C)(=O)=O)c3cc(C(C)(C)C)ccc3O2)cc1C. The van der Waals surface area contributed by atoms with Crippen LogP contribution in [0.15, 0.2) is 36.4 Å². The van der Waals surface area contributed by atoms with Crippen LogP contribution < -0.4 is 14.4 Å². The number of amides is 1. The first-order valence-corrected chi connectivity index (χ1v) is 12.3. The lowest BCUT2D eigenvalue weighted by molar-refractivity contribution is -0.128. The van der Waals surface area contributed by atoms with Gasteiger partial charge in [-0.05, 0) is 60.6 Å². The van der Waals surface area contributed by atoms with E-state index in [9.17, 15) is 13.2 Å². The highest BCUT2D eigenvalue weighted by atomic mass is 32.2. The largest absolute Gasteiger partial charge is 0.476 e. The smallest absolute Gasteiger partial charge is 0.263 e. The summed E-state index contributed by atoms with van der Waals surface area (Å²) in [6.07, 6.45) is 0.218. The molecule has 2 aromatic rings. The highest BCUT2D eigenvalue weighted by molar-refractivity contribution is 7.92. The lowest BCUT2D eigenvalue weighted by Gasteiger charge is -2.35. The van der Waals surface area contributed by atoms with Gasteiger partial charge in [-0.15, -0.1) is 0 Å². The van der Waals surface area contributed by atoms with E-state index >= 15 is 0 Å². The molecule has 0 saturated heterocycles. The number of hydrogen-bond acceptors (Lipinski definition) is 4. The van der Waals surface area contributed by atoms with Gasteiger partial charge in [-0.1, -0.05) is 45.0 Å². The molecule has 1 heterocycles. The maximum absolute atomic E-state index is 13.0. The maximum atomic E-state index is 13.0. The summed E-state index contributed by atoms with van der Waals surface area (Å²) in [6.45, 7) is 12.1. The van der Waals surface area contributed by atoms with Gasteiger partial charge in [0, 0.05) is 0 Å². The van der Waals surface area contributed by atoms with Gasteiger partial charge in [0.25, 0.3) is 5.91 Å². The second-order valence-electron chi connectivity index (χ2n) is 9.41. The van der Waals surface area contributed by atoms with Gasteiger partial charge in [0.2, 0.25) is 10.0 Å². The Balaban J connectivity index is 1.86. The molecule has 3 rings (SSSR count). The average Bonchev–Trinajstić information content (AvgIpc) is 2.67. The van der Waals surface area contributed by atoms with Crippen LogP contribution in [-0.4, -0.2) is 33.2 Å². The molecule has 0 aromatic heterocycles. The zero-order valence-corrected chi connectivity index (χ0v) is 20.1. The number of ether oxygens (including phenoxy) is 1. The van der Waals surface area contributed by atoms with Gasteiger partial charge in [0.1, 0.15) is 5.75 Å². The van der Waals surface area contributed by atoms with Gasteiger partial charge in [0.05, 0.1) is 24.5 Å². The molecule has 1 aliphatic heterocycles. The van der Waals surface area contributed by atoms with Gasteiger partial charge in [-0.25, -0.2) is 8.42 Å². The van der Waals surface area contributed by atoms with E-state index in [1.807, 2.05) is 51.1 Å². The molecule has 2 atom stereocenters. The number of hydrogen-bond donors (Lipinski definition) is 1. The molecule has 1 N–H and O–H groups in total. The predicted octanol–water partition coefficient (Wildman–Crippen LogP) is 4.01. The van der Waals surface area contributed by atoms with Crippen molar-refractivity contribution in [3.8, 4) is 5.75 Å². The number of carbonyl (C=O) groups is 1. The van der Waals surface area contributed by atoms with E-state index in [1.54, 1.807) is 6.07 Å². The van der Waals surface area contributed by atoms with Crippen LogP contribution in [0.3, 0.4) is 0 Å². The van der Waals surface area contributed by atoms with Crippen LogP contribution in [0.4, 0.5) is 5.69 Å². The summed E-state index contributed by atoms with van der Waals surface area (Å²) in [5, 5.41) is 2.97. The number of nitrogens with zero attached hydrogens (tertiary/aromatic N) is 1. The van der Waals surface area contributed by atoms with Crippen molar-refractivity contribution in [2.45, 2.75) is 59.1 Å². The fraction of sp³-hybridized carbons (Fsp3) is 0.458. The number of aryl methyl sites for hydroxylation is 2. The molecular formula is C24H32N2O4S. The van der Waals surface area contributed by atoms with Gasteiger partial charge >= 0.3 is 0 Å². The number of benzene rings is 2. The van der Waals surface area contributed by atoms with Crippen LogP contribution in [0, 0.1) is 13.8 Å². The highest BCUT2D eigenvalue weighted by Gasteiger charge is 2.36. The molecule has 0 bridgehead atoms. The molecule has 0 radical (unpaired) electrons. The zero-order chi connectivity index (χ0) is 23.1. The summed E-state index contributed by atoms with van der Waals surface area (Å²) in [5.41, 5.74) is 4.65. The summed E-state index contributed by atoms with van der Waals surface area (Å²) in [7, 11) is -3.59. The number of nitrogens with one attached hydrogen (secondary N) is 1. The van der Waals surface area contributed by atoms with Crippen molar-refractivity contribution in [3.63, 3.8) is 0 Å². The monoisotopic (exact) mass is 444 g/mol. The fourth-order valence-corrected chi connectivity index (χ4v) is 4.50. The summed E-state index contributed by atoms with van der Waals surface area (Å²) in [6, 6.07) is 11.3. The zero-order valence-electron chi connectivity index (χ0n) is 19.3. The van der Waals surface area contributed by atoms with E-state index in [4.69, 9.17) is 4.74 Å². The Labute approximate surface area is 185 Å². The highest BCUT2D eigenvalue weighted by Crippen LogP contribution is 2.38. The molecule has 6 nitrogen and oxygen atoms in total. The molecular weight excluding hydrogens is 412 g/mol. The van der Waals surface area contributed by atoms with Crippen molar-refractivity contribution >= 4 is 21.6 Å². The average molecular weight is 445 g/mol. The van der Waals surface area contributed by atoms with Gasteiger partial charge < -0.3 is 10.1 Å². The molecule has 1 amide bonds. The van der Waals surface area contributed by atoms with Crippen molar-refractivity contribution in [2.75, 3.05) is 17.1 Å². The molecule has 31 heavy (non-hydrogen) atoms. The van der Waals surface area contributed by atoms with Crippen molar-refractivity contribution < 1.29 is 17.9 Å². The van der Waals surface area contributed by atoms with Crippen LogP contribution in [0.5, 0.6) is 5.75 Å². The number of anilines is 1. The lowest BCUT2D eigenvalue weighted by Crippen LogP contribution is -2.50. The van der Waals surface area contributed by atoms with E-state index in [-0.39, 0.29) is 23.9 Å². The third-order valence-electron chi connectivity index (χ3n) is 5.78. The minimum absolute atomic E-state index is 0.0646. The van der Waals surface area contributed by atoms with E-state index in [1.165, 1.54) is 9.87 Å². The molecule has 168 valence electrons. The van der Waals surface area contributed by atoms with Gasteiger partial charge in [-0.2, -0.15) is 0 Å². The van der Waals surface area contributed by atoms with E-state index in [0.717, 1.165) is 22.9 Å². The van der Waals surface area contributed by atoms with E-state index in [2.05, 4.69) is 26.1 Å². The van der Waals surface area contributed by atoms with Gasteiger partial charge in [0.15, 0.2) is 6.10 Å². The van der Waals surface area contributed by atoms with Crippen LogP contribution >= 0.6 is 0 Å². The standard InChI is InChI=1S/C24H32N2O4S/c1-15-8-9-18(12-16(15)2)17(3)25-23(27)22-14-26(31(7,28)29)20-13-19(24(4,5)6)10-11-21(20)30-22/h8-13,17,22H,14H2,1-7H3,(H,25,27)/t17-,22-/m1/s1. The molecule has 0 saturated carbocycles. The van der Waals surface area contributed by atoms with E-state index < -0.39 is 16.1 Å². The molecule has 0 unspecified atom stereocenters. The minimum atomic E-state index is -3.59. The molecule has 0 aliphatic carbocycles. The minimum Gasteiger partial charge on any atom is -0.476 e. The van der Waals surface area contributed by atoms with Crippen molar-refractivity contribution in [1.29, 1.82) is 0 Å². The molecule has 0 spiro atoms. The third kappa shape index (κ3) is 5.03. The first-order chi connectivity index (χ1) is 14.3. The number of carbonyl (C=O) groups excluding carboxylic acids is 1. The quantitative estimate of drug-likeness (QED) is 0.773. The molecule has 7 heteroatoms. The van der Waals surface area contributed by atoms with Crippen LogP contribution in [0.1, 0.15) is 56.0 Å². The second-order valence-corrected chi connectivity index (χ2v) is 11.3. The van der Waals surface area contributed by atoms with E-state index in [0.29, 0.717) is 11.4 Å². The molecule has 2 aromatic carbocycles. The van der Waals surface area contributed by atoms with Crippen molar-refractivity contribution in [2.24, 2.45) is 0 Å². The third-order valence-corrected chi connectivity index (χ3v) is 6.92. The Bertz CT molecular complexity index is 1100. The molecule has 1 aliphatic rings. The second kappa shape index (κ2) is 8.19. The fourth-order valence-electron chi connectivity index (χ4n) is 3.59. The van der Waals surface area contributed by atoms with Crippen LogP contribution in [0.2, 0.25) is 0 Å². The van der Waals surface area contributed by atoms with Crippen molar-refractivity contribution in [3.05, 3.63) is 58.7 Å². The Morgan fingerprint density at radius 2 is 1.81 bits per heavy atom. The molecule has 0 fully saturated rings. The predicted molar refractivity (Wildman–Crippen MR) is 124 cm³/mol. The Hall–Kier alpha value is -2.54. The lowest BCUT2D eigenvalue weighted by atomic mass is 9.86. The van der Waals surface area contributed by atoms with Crippen molar-refractivity contribution in [1.82, 2.24) is 5.32 Å². The number of rotatable bonds is 4. The van der Waals surface area contributed by atoms with Crippen LogP contribution in [0.25, 0.3) is 0 Å². The number of fused-ring (bicyclic) bond motifs is 1. The summed E-state index contributed by atoms with van der Waals surface area (Å²) in [4.78, 5) is 13.0. The summed E-state index contributed by atoms with van der Waals surface area (Å²) < 4.78 is 32.3. The summed E-state index contributed by atoms with van der Waals surface area (Å²) in [5.74, 6) is 0.0496. The number of sulfonamides is 1. The Kier molecular flexibility index (Phi) is 6.11. The van der Waals surface area contributed by atoms with Crippen LogP contribution in [-0.2, 0) is 20.2 Å². The Morgan fingerprint density at radius 1 is 1.13 bits per heavy atom. The summed E-state index contributed by atoms with van der Waals surface area (Å²) >= 11 is 0. The topological polar surface area (TPSA) is 75.7 Å². The first-order valence-electron chi connectivity index (χ1n) is 10.4.